The Hall–Kier alpha value is -2.35. The number of benzene rings is 1. The van der Waals surface area contributed by atoms with E-state index in [0.29, 0.717) is 5.02 Å². The maximum atomic E-state index is 12.4. The van der Waals surface area contributed by atoms with Gasteiger partial charge in [-0.25, -0.2) is 9.50 Å². The van der Waals surface area contributed by atoms with Gasteiger partial charge in [0.1, 0.15) is 10.7 Å². The number of carbonyl (C=O) groups is 1. The van der Waals surface area contributed by atoms with E-state index in [1.165, 1.54) is 11.8 Å². The molecule has 4 rings (SSSR count). The Kier molecular flexibility index (Phi) is 5.15. The summed E-state index contributed by atoms with van der Waals surface area (Å²) >= 11 is 9.03. The number of thioether (sulfide) groups is 1. The van der Waals surface area contributed by atoms with E-state index in [0.717, 1.165) is 32.4 Å². The second-order valence-corrected chi connectivity index (χ2v) is 8.21. The molecule has 0 radical (unpaired) electrons. The van der Waals surface area contributed by atoms with Crippen LogP contribution in [0.4, 0.5) is 5.69 Å². The number of hydrogen-bond acceptors (Lipinski definition) is 5. The molecule has 0 aliphatic heterocycles. The largest absolute Gasteiger partial charge is 0.325 e. The van der Waals surface area contributed by atoms with Crippen LogP contribution in [0.1, 0.15) is 5.56 Å². The highest BCUT2D eigenvalue weighted by molar-refractivity contribution is 8.00. The Bertz CT molecular complexity index is 1110. The maximum Gasteiger partial charge on any atom is 0.234 e. The van der Waals surface area contributed by atoms with Crippen molar-refractivity contribution in [2.45, 2.75) is 11.9 Å². The molecule has 8 heteroatoms. The van der Waals surface area contributed by atoms with Crippen molar-refractivity contribution in [1.29, 1.82) is 0 Å². The zero-order chi connectivity index (χ0) is 18.8. The molecule has 3 aromatic heterocycles. The average molecular weight is 415 g/mol. The second-order valence-electron chi connectivity index (χ2n) is 5.87. The van der Waals surface area contributed by atoms with Crippen molar-refractivity contribution in [2.24, 2.45) is 0 Å². The van der Waals surface area contributed by atoms with E-state index in [9.17, 15) is 4.79 Å². The summed E-state index contributed by atoms with van der Waals surface area (Å²) in [6.07, 6.45) is 3.51. The van der Waals surface area contributed by atoms with Crippen LogP contribution in [0.5, 0.6) is 0 Å². The molecule has 27 heavy (non-hydrogen) atoms. The number of fused-ring (bicyclic) bond motifs is 1. The fraction of sp³-hybridized carbons (Fsp3) is 0.105. The quantitative estimate of drug-likeness (QED) is 0.459. The molecule has 1 aromatic carbocycles. The molecule has 1 amide bonds. The second kappa shape index (κ2) is 7.72. The van der Waals surface area contributed by atoms with Gasteiger partial charge in [-0.1, -0.05) is 35.5 Å². The van der Waals surface area contributed by atoms with Crippen molar-refractivity contribution in [3.8, 4) is 10.6 Å². The number of halogens is 1. The number of thiophene rings is 1. The molecule has 0 unspecified atom stereocenters. The number of amides is 1. The van der Waals surface area contributed by atoms with Crippen LogP contribution in [0, 0.1) is 6.92 Å². The van der Waals surface area contributed by atoms with Gasteiger partial charge in [0, 0.05) is 23.1 Å². The smallest absolute Gasteiger partial charge is 0.234 e. The van der Waals surface area contributed by atoms with Crippen molar-refractivity contribution in [3.05, 3.63) is 64.8 Å². The number of carbonyl (C=O) groups excluding carboxylic acids is 1. The molecule has 0 fully saturated rings. The monoisotopic (exact) mass is 414 g/mol. The van der Waals surface area contributed by atoms with Gasteiger partial charge in [-0.2, -0.15) is 5.10 Å². The molecule has 0 spiro atoms. The van der Waals surface area contributed by atoms with Crippen molar-refractivity contribution >= 4 is 51.8 Å². The summed E-state index contributed by atoms with van der Waals surface area (Å²) in [5, 5.41) is 10.9. The number of rotatable bonds is 5. The predicted molar refractivity (Wildman–Crippen MR) is 112 cm³/mol. The summed E-state index contributed by atoms with van der Waals surface area (Å²) in [5.74, 6) is 0.144. The first-order valence-electron chi connectivity index (χ1n) is 8.17. The summed E-state index contributed by atoms with van der Waals surface area (Å²) < 4.78 is 1.80. The van der Waals surface area contributed by atoms with Crippen molar-refractivity contribution in [3.63, 3.8) is 0 Å². The first kappa shape index (κ1) is 18.0. The highest BCUT2D eigenvalue weighted by Gasteiger charge is 2.12. The van der Waals surface area contributed by atoms with Crippen LogP contribution in [0.3, 0.4) is 0 Å². The summed E-state index contributed by atoms with van der Waals surface area (Å²) in [6.45, 7) is 1.93. The van der Waals surface area contributed by atoms with Gasteiger partial charge < -0.3 is 5.32 Å². The van der Waals surface area contributed by atoms with E-state index in [1.54, 1.807) is 34.2 Å². The minimum Gasteiger partial charge on any atom is -0.325 e. The molecule has 0 bridgehead atoms. The summed E-state index contributed by atoms with van der Waals surface area (Å²) in [7, 11) is 0. The summed E-state index contributed by atoms with van der Waals surface area (Å²) in [5.41, 5.74) is 3.48. The standard InChI is InChI=1S/C19H15ClN4OS2/c1-12-4-5-13(20)9-14(12)22-18(25)11-27-19-16-10-15(17-3-2-8-26-17)23-24(16)7-6-21-19/h2-10H,11H2,1H3,(H,22,25). The van der Waals surface area contributed by atoms with Gasteiger partial charge in [-0.3, -0.25) is 4.79 Å². The molecule has 0 aliphatic rings. The van der Waals surface area contributed by atoms with Crippen LogP contribution in [0.25, 0.3) is 16.1 Å². The van der Waals surface area contributed by atoms with Crippen LogP contribution < -0.4 is 5.32 Å². The van der Waals surface area contributed by atoms with Crippen LogP contribution in [0.2, 0.25) is 5.02 Å². The van der Waals surface area contributed by atoms with Crippen LogP contribution in [-0.4, -0.2) is 26.3 Å². The van der Waals surface area contributed by atoms with Gasteiger partial charge in [0.05, 0.1) is 16.1 Å². The zero-order valence-electron chi connectivity index (χ0n) is 14.3. The van der Waals surface area contributed by atoms with E-state index in [4.69, 9.17) is 11.6 Å². The van der Waals surface area contributed by atoms with Gasteiger partial charge in [0.2, 0.25) is 5.91 Å². The molecule has 1 N–H and O–H groups in total. The molecular weight excluding hydrogens is 400 g/mol. The molecule has 3 heterocycles. The number of nitrogens with zero attached hydrogens (tertiary/aromatic N) is 3. The first-order chi connectivity index (χ1) is 13.1. The fourth-order valence-corrected chi connectivity index (χ4v) is 4.23. The lowest BCUT2D eigenvalue weighted by Gasteiger charge is -2.08. The lowest BCUT2D eigenvalue weighted by Crippen LogP contribution is -2.15. The van der Waals surface area contributed by atoms with Gasteiger partial charge in [-0.05, 0) is 42.1 Å². The molecule has 0 aliphatic carbocycles. The van der Waals surface area contributed by atoms with E-state index < -0.39 is 0 Å². The number of aromatic nitrogens is 3. The summed E-state index contributed by atoms with van der Waals surface area (Å²) in [4.78, 5) is 17.9. The van der Waals surface area contributed by atoms with Gasteiger partial charge in [-0.15, -0.1) is 11.3 Å². The Morgan fingerprint density at radius 1 is 1.33 bits per heavy atom. The van der Waals surface area contributed by atoms with Crippen molar-refractivity contribution in [2.75, 3.05) is 11.1 Å². The van der Waals surface area contributed by atoms with E-state index in [2.05, 4.69) is 15.4 Å². The fourth-order valence-electron chi connectivity index (χ4n) is 2.60. The molecule has 0 atom stereocenters. The molecule has 0 saturated heterocycles. The minimum atomic E-state index is -0.104. The van der Waals surface area contributed by atoms with Gasteiger partial charge in [0.15, 0.2) is 0 Å². The number of anilines is 1. The SMILES string of the molecule is Cc1ccc(Cl)cc1NC(=O)CSc1nccn2nc(-c3cccs3)cc12. The van der Waals surface area contributed by atoms with Crippen LogP contribution in [-0.2, 0) is 4.79 Å². The van der Waals surface area contributed by atoms with E-state index in [1.807, 2.05) is 42.8 Å². The molecule has 4 aromatic rings. The molecular formula is C19H15ClN4OS2. The highest BCUT2D eigenvalue weighted by Crippen LogP contribution is 2.28. The third-order valence-corrected chi connectivity index (χ3v) is 6.06. The number of nitrogens with one attached hydrogen (secondary N) is 1. The van der Waals surface area contributed by atoms with Crippen LogP contribution in [0.15, 0.2) is 59.2 Å². The topological polar surface area (TPSA) is 59.3 Å². The molecule has 5 nitrogen and oxygen atoms in total. The predicted octanol–water partition coefficient (Wildman–Crippen LogP) is 5.15. The van der Waals surface area contributed by atoms with Crippen molar-refractivity contribution < 1.29 is 4.79 Å². The third-order valence-electron chi connectivity index (χ3n) is 3.94. The Labute approximate surface area is 169 Å². The molecule has 0 saturated carbocycles. The van der Waals surface area contributed by atoms with E-state index in [-0.39, 0.29) is 11.7 Å². The normalized spacial score (nSPS) is 11.0. The Balaban J connectivity index is 1.50. The lowest BCUT2D eigenvalue weighted by molar-refractivity contribution is -0.113. The zero-order valence-corrected chi connectivity index (χ0v) is 16.7. The van der Waals surface area contributed by atoms with Crippen molar-refractivity contribution in [1.82, 2.24) is 14.6 Å². The average Bonchev–Trinajstić information content (AvgIpc) is 3.32. The van der Waals surface area contributed by atoms with E-state index >= 15 is 0 Å². The maximum absolute atomic E-state index is 12.4. The molecule has 136 valence electrons. The minimum absolute atomic E-state index is 0.104. The number of aryl methyl sites for hydroxylation is 1. The summed E-state index contributed by atoms with van der Waals surface area (Å²) in [6, 6.07) is 11.5. The Morgan fingerprint density at radius 2 is 2.22 bits per heavy atom. The third kappa shape index (κ3) is 4.00. The first-order valence-corrected chi connectivity index (χ1v) is 10.4. The lowest BCUT2D eigenvalue weighted by atomic mass is 10.2. The highest BCUT2D eigenvalue weighted by atomic mass is 35.5. The van der Waals surface area contributed by atoms with Gasteiger partial charge in [0.25, 0.3) is 0 Å². The van der Waals surface area contributed by atoms with Gasteiger partial charge >= 0.3 is 0 Å². The van der Waals surface area contributed by atoms with Crippen LogP contribution >= 0.6 is 34.7 Å². The Morgan fingerprint density at radius 3 is 3.04 bits per heavy atom. The number of hydrogen-bond donors (Lipinski definition) is 1.